The van der Waals surface area contributed by atoms with E-state index in [4.69, 9.17) is 0 Å². The number of hydrogen-bond acceptors (Lipinski definition) is 7. The Bertz CT molecular complexity index is 1170. The van der Waals surface area contributed by atoms with Crippen LogP contribution in [-0.2, 0) is 22.4 Å². The highest BCUT2D eigenvalue weighted by Gasteiger charge is 2.54. The second kappa shape index (κ2) is 14.3. The first-order valence-electron chi connectivity index (χ1n) is 16.4. The van der Waals surface area contributed by atoms with Crippen LogP contribution in [0.5, 0.6) is 0 Å². The van der Waals surface area contributed by atoms with Gasteiger partial charge in [0.05, 0.1) is 24.3 Å². The van der Waals surface area contributed by atoms with Gasteiger partial charge in [0.15, 0.2) is 0 Å². The van der Waals surface area contributed by atoms with Crippen LogP contribution in [-0.4, -0.2) is 80.8 Å². The number of amides is 2. The third-order valence-corrected chi connectivity index (χ3v) is 10.5. The highest BCUT2D eigenvalue weighted by molar-refractivity contribution is 5.87. The van der Waals surface area contributed by atoms with Crippen molar-refractivity contribution in [1.82, 2.24) is 16.0 Å². The Kier molecular flexibility index (Phi) is 11.1. The Hall–Kier alpha value is -2.82. The van der Waals surface area contributed by atoms with Crippen LogP contribution in [0.3, 0.4) is 0 Å². The van der Waals surface area contributed by atoms with Gasteiger partial charge in [-0.3, -0.25) is 9.59 Å². The fraction of sp³-hybridized carbons (Fsp3) is 0.611. The predicted molar refractivity (Wildman–Crippen MR) is 174 cm³/mol. The van der Waals surface area contributed by atoms with E-state index in [-0.39, 0.29) is 13.1 Å². The second-order valence-corrected chi connectivity index (χ2v) is 14.5. The first kappa shape index (κ1) is 35.0. The van der Waals surface area contributed by atoms with Crippen LogP contribution in [0.2, 0.25) is 0 Å². The first-order chi connectivity index (χ1) is 21.2. The van der Waals surface area contributed by atoms with Crippen LogP contribution in [0.25, 0.3) is 0 Å². The van der Waals surface area contributed by atoms with Crippen LogP contribution >= 0.6 is 0 Å². The number of aliphatic hydroxyl groups excluding tert-OH is 2. The SMILES string of the molecule is CC1(C)CCC[C@@]1(O)C(=O)N[C@@H](Cc1ccccc1)[C@H](O)CNC[C@@H](O)[C@H](Cc1ccccc1)NC(=O)[C@@]1(O)CCCC1(C)C. The lowest BCUT2D eigenvalue weighted by Crippen LogP contribution is -2.60. The number of hydrogen-bond donors (Lipinski definition) is 7. The lowest BCUT2D eigenvalue weighted by atomic mass is 9.77. The number of benzene rings is 2. The van der Waals surface area contributed by atoms with Gasteiger partial charge >= 0.3 is 0 Å². The van der Waals surface area contributed by atoms with Gasteiger partial charge in [-0.05, 0) is 62.5 Å². The molecule has 0 unspecified atom stereocenters. The number of carbonyl (C=O) groups excluding carboxylic acids is 2. The molecule has 0 aliphatic heterocycles. The molecule has 248 valence electrons. The summed E-state index contributed by atoms with van der Waals surface area (Å²) in [4.78, 5) is 26.8. The zero-order valence-electron chi connectivity index (χ0n) is 27.3. The molecule has 4 rings (SSSR count). The molecule has 0 saturated heterocycles. The van der Waals surface area contributed by atoms with Crippen molar-refractivity contribution in [2.45, 2.75) is 115 Å². The molecule has 2 saturated carbocycles. The molecule has 0 spiro atoms. The van der Waals surface area contributed by atoms with Crippen LogP contribution in [0.1, 0.15) is 77.3 Å². The van der Waals surface area contributed by atoms with Gasteiger partial charge in [0.1, 0.15) is 11.2 Å². The molecular weight excluding hydrogens is 570 g/mol. The van der Waals surface area contributed by atoms with E-state index in [2.05, 4.69) is 16.0 Å². The molecule has 0 aromatic heterocycles. The number of aliphatic hydroxyl groups is 4. The molecule has 0 radical (unpaired) electrons. The maximum absolute atomic E-state index is 13.4. The molecule has 6 atom stereocenters. The van der Waals surface area contributed by atoms with E-state index in [1.165, 1.54) is 0 Å². The largest absolute Gasteiger partial charge is 0.390 e. The fourth-order valence-corrected chi connectivity index (χ4v) is 7.05. The second-order valence-electron chi connectivity index (χ2n) is 14.5. The third kappa shape index (κ3) is 7.95. The molecular formula is C36H53N3O6. The van der Waals surface area contributed by atoms with Crippen molar-refractivity contribution in [3.63, 3.8) is 0 Å². The summed E-state index contributed by atoms with van der Waals surface area (Å²) < 4.78 is 0. The molecule has 9 nitrogen and oxygen atoms in total. The van der Waals surface area contributed by atoms with Crippen LogP contribution < -0.4 is 16.0 Å². The molecule has 0 heterocycles. The molecule has 2 aliphatic rings. The molecule has 2 amide bonds. The number of nitrogens with one attached hydrogen (secondary N) is 3. The molecule has 9 heteroatoms. The van der Waals surface area contributed by atoms with E-state index < -0.39 is 58.1 Å². The normalized spacial score (nSPS) is 26.5. The van der Waals surface area contributed by atoms with Crippen LogP contribution in [0.4, 0.5) is 0 Å². The van der Waals surface area contributed by atoms with E-state index in [1.807, 2.05) is 88.4 Å². The summed E-state index contributed by atoms with van der Waals surface area (Å²) in [6, 6.07) is 17.7. The summed E-state index contributed by atoms with van der Waals surface area (Å²) in [6.07, 6.45) is 2.35. The maximum Gasteiger partial charge on any atom is 0.252 e. The summed E-state index contributed by atoms with van der Waals surface area (Å²) in [5.74, 6) is -0.966. The van der Waals surface area contributed by atoms with Crippen molar-refractivity contribution in [2.75, 3.05) is 13.1 Å². The Morgan fingerprint density at radius 2 is 1.00 bits per heavy atom. The van der Waals surface area contributed by atoms with Crippen molar-refractivity contribution in [3.8, 4) is 0 Å². The highest BCUT2D eigenvalue weighted by Crippen LogP contribution is 2.47. The summed E-state index contributed by atoms with van der Waals surface area (Å²) in [5.41, 5.74) is -2.35. The van der Waals surface area contributed by atoms with Gasteiger partial charge in [0, 0.05) is 23.9 Å². The minimum absolute atomic E-state index is 0.0552. The van der Waals surface area contributed by atoms with E-state index in [0.717, 1.165) is 36.8 Å². The lowest BCUT2D eigenvalue weighted by Gasteiger charge is -2.37. The van der Waals surface area contributed by atoms with Crippen LogP contribution in [0.15, 0.2) is 60.7 Å². The van der Waals surface area contributed by atoms with Gasteiger partial charge in [-0.25, -0.2) is 0 Å². The third-order valence-electron chi connectivity index (χ3n) is 10.5. The molecule has 2 aromatic carbocycles. The van der Waals surface area contributed by atoms with Crippen molar-refractivity contribution >= 4 is 11.8 Å². The zero-order valence-corrected chi connectivity index (χ0v) is 27.3. The fourth-order valence-electron chi connectivity index (χ4n) is 7.05. The Labute approximate surface area is 267 Å². The highest BCUT2D eigenvalue weighted by atomic mass is 16.3. The van der Waals surface area contributed by atoms with Crippen molar-refractivity contribution in [3.05, 3.63) is 71.8 Å². The topological polar surface area (TPSA) is 151 Å². The molecule has 0 bridgehead atoms. The van der Waals surface area contributed by atoms with E-state index in [0.29, 0.717) is 25.7 Å². The quantitative estimate of drug-likeness (QED) is 0.171. The first-order valence-corrected chi connectivity index (χ1v) is 16.4. The van der Waals surface area contributed by atoms with Gasteiger partial charge in [-0.1, -0.05) is 88.4 Å². The minimum atomic E-state index is -1.52. The minimum Gasteiger partial charge on any atom is -0.390 e. The lowest BCUT2D eigenvalue weighted by molar-refractivity contribution is -0.151. The van der Waals surface area contributed by atoms with E-state index in [1.54, 1.807) is 0 Å². The smallest absolute Gasteiger partial charge is 0.252 e. The Morgan fingerprint density at radius 3 is 1.31 bits per heavy atom. The monoisotopic (exact) mass is 623 g/mol. The molecule has 2 aliphatic carbocycles. The number of carbonyl (C=O) groups is 2. The summed E-state index contributed by atoms with van der Waals surface area (Å²) in [6.45, 7) is 7.67. The van der Waals surface area contributed by atoms with Gasteiger partial charge in [-0.15, -0.1) is 0 Å². The molecule has 2 aromatic rings. The van der Waals surface area contributed by atoms with Gasteiger partial charge in [0.25, 0.3) is 11.8 Å². The van der Waals surface area contributed by atoms with E-state index in [9.17, 15) is 30.0 Å². The average molecular weight is 624 g/mol. The predicted octanol–water partition coefficient (Wildman–Crippen LogP) is 2.64. The van der Waals surface area contributed by atoms with Crippen molar-refractivity contribution in [2.24, 2.45) is 10.8 Å². The number of rotatable bonds is 14. The van der Waals surface area contributed by atoms with Crippen molar-refractivity contribution in [1.29, 1.82) is 0 Å². The Morgan fingerprint density at radius 1 is 0.644 bits per heavy atom. The molecule has 7 N–H and O–H groups in total. The Balaban J connectivity index is 1.43. The van der Waals surface area contributed by atoms with Gasteiger partial charge in [0.2, 0.25) is 0 Å². The van der Waals surface area contributed by atoms with Crippen molar-refractivity contribution < 1.29 is 30.0 Å². The maximum atomic E-state index is 13.4. The molecule has 2 fully saturated rings. The standard InChI is InChI=1S/C36H53N3O6/c1-33(2)17-11-19-35(33,44)31(42)38-27(21-25-13-7-5-8-14-25)29(40)23-37-24-30(41)28(22-26-15-9-6-10-16-26)39-32(43)36(45)20-12-18-34(36,3)4/h5-10,13-16,27-30,37,40-41,44-45H,11-12,17-24H2,1-4H3,(H,38,42)(H,39,43)/t27-,28-,29+,30+,35-,36+/m0/s1. The van der Waals surface area contributed by atoms with Gasteiger partial charge in [-0.2, -0.15) is 0 Å². The average Bonchev–Trinajstić information content (AvgIpc) is 3.45. The molecule has 45 heavy (non-hydrogen) atoms. The summed E-state index contributed by atoms with van der Waals surface area (Å²) >= 11 is 0. The summed E-state index contributed by atoms with van der Waals surface area (Å²) in [5, 5.41) is 54.3. The zero-order chi connectivity index (χ0) is 32.9. The van der Waals surface area contributed by atoms with Gasteiger partial charge < -0.3 is 36.4 Å². The van der Waals surface area contributed by atoms with Crippen LogP contribution in [0, 0.1) is 10.8 Å². The van der Waals surface area contributed by atoms with E-state index >= 15 is 0 Å². The summed E-state index contributed by atoms with van der Waals surface area (Å²) in [7, 11) is 0.